The number of piperidine rings is 1. The minimum absolute atomic E-state index is 0.0562. The molecule has 15 nitrogen and oxygen atoms in total. The number of nitrogens with one attached hydrogen (secondary N) is 2. The van der Waals surface area contributed by atoms with Crippen LogP contribution < -0.4 is 25.2 Å². The van der Waals surface area contributed by atoms with Crippen molar-refractivity contribution in [2.75, 3.05) is 54.4 Å². The summed E-state index contributed by atoms with van der Waals surface area (Å²) in [5.74, 6) is -0.0355. The predicted molar refractivity (Wildman–Crippen MR) is 280 cm³/mol. The first-order valence-corrected chi connectivity index (χ1v) is 25.4. The van der Waals surface area contributed by atoms with Crippen LogP contribution in [0.3, 0.4) is 0 Å². The van der Waals surface area contributed by atoms with Gasteiger partial charge in [0.05, 0.1) is 27.3 Å². The summed E-state index contributed by atoms with van der Waals surface area (Å²) in [5, 5.41) is 32.3. The number of thiazole rings is 1. The van der Waals surface area contributed by atoms with Gasteiger partial charge in [0.15, 0.2) is 10.8 Å². The molecule has 3 aromatic heterocycles. The van der Waals surface area contributed by atoms with E-state index in [1.165, 1.54) is 16.9 Å². The number of aliphatic hydroxyl groups excluding tert-OH is 1. The number of ether oxygens (including phenoxy) is 1. The van der Waals surface area contributed by atoms with Gasteiger partial charge in [0, 0.05) is 68.5 Å². The summed E-state index contributed by atoms with van der Waals surface area (Å²) < 4.78 is 9.37. The standard InChI is InChI=1S/C56H55N9O6S/c1-34-39(40-20-22-49(58-52(40)55(69)70)65-26-24-36-11-6-14-41(44(36)33-65)53(67)60-56-57-45-15-3-4-17-48(45)72-56)13-7-16-47(34)71-38-12-5-9-35(31-38)10-8-25-63-27-29-64(30-28-63)37-18-19-42-46(32-37)62(2)61-51(42)43-21-23-50(66)59-54(43)68/h3-7,9,11-20,22,31-32,43,50,66H,8,10,21,23-30,33H2,1-2H3,(H,59,68)(H,69,70)(H,57,60,67). The number of pyridine rings is 1. The molecule has 2 atom stereocenters. The molecule has 4 N–H and O–H groups in total. The average molecular weight is 982 g/mol. The van der Waals surface area contributed by atoms with E-state index < -0.39 is 12.2 Å². The number of carbonyl (C=O) groups is 3. The number of carbonyl (C=O) groups excluding carboxylic acids is 2. The van der Waals surface area contributed by atoms with Gasteiger partial charge in [-0.05, 0) is 140 Å². The first-order chi connectivity index (χ1) is 35.0. The number of rotatable bonds is 13. The van der Waals surface area contributed by atoms with Crippen molar-refractivity contribution in [2.24, 2.45) is 7.05 Å². The molecule has 0 saturated carbocycles. The van der Waals surface area contributed by atoms with Crippen LogP contribution in [-0.4, -0.2) is 98.1 Å². The van der Waals surface area contributed by atoms with Crippen molar-refractivity contribution in [3.63, 3.8) is 0 Å². The average Bonchev–Trinajstić information content (AvgIpc) is 3.96. The van der Waals surface area contributed by atoms with Crippen LogP contribution in [0.1, 0.15) is 74.0 Å². The molecule has 3 aliphatic heterocycles. The lowest BCUT2D eigenvalue weighted by molar-refractivity contribution is -0.128. The van der Waals surface area contributed by atoms with Gasteiger partial charge in [0.1, 0.15) is 23.5 Å². The maximum absolute atomic E-state index is 13.7. The van der Waals surface area contributed by atoms with E-state index in [0.29, 0.717) is 65.9 Å². The molecule has 366 valence electrons. The molecule has 2 unspecified atom stereocenters. The number of nitrogens with zero attached hydrogens (tertiary/aromatic N) is 7. The van der Waals surface area contributed by atoms with Crippen molar-refractivity contribution >= 4 is 66.9 Å². The van der Waals surface area contributed by atoms with Crippen LogP contribution in [0.25, 0.3) is 32.2 Å². The number of benzene rings is 5. The molecule has 2 saturated heterocycles. The van der Waals surface area contributed by atoms with E-state index in [9.17, 15) is 24.6 Å². The lowest BCUT2D eigenvalue weighted by Crippen LogP contribution is -2.46. The Morgan fingerprint density at radius 2 is 1.69 bits per heavy atom. The Hall–Kier alpha value is -7.66. The molecule has 5 aromatic carbocycles. The van der Waals surface area contributed by atoms with Crippen LogP contribution in [0.15, 0.2) is 115 Å². The van der Waals surface area contributed by atoms with Gasteiger partial charge in [-0.3, -0.25) is 24.5 Å². The van der Waals surface area contributed by atoms with Gasteiger partial charge in [-0.1, -0.05) is 59.9 Å². The highest BCUT2D eigenvalue weighted by molar-refractivity contribution is 7.22. The van der Waals surface area contributed by atoms with Crippen LogP contribution in [0.4, 0.5) is 16.6 Å². The maximum atomic E-state index is 13.7. The molecule has 0 aliphatic carbocycles. The molecular weight excluding hydrogens is 927 g/mol. The molecule has 8 aromatic rings. The van der Waals surface area contributed by atoms with E-state index in [1.807, 2.05) is 108 Å². The van der Waals surface area contributed by atoms with Gasteiger partial charge in [0.25, 0.3) is 5.91 Å². The molecule has 3 aliphatic rings. The summed E-state index contributed by atoms with van der Waals surface area (Å²) in [4.78, 5) is 55.6. The Bertz CT molecular complexity index is 3350. The maximum Gasteiger partial charge on any atom is 0.355 e. The Morgan fingerprint density at radius 1 is 0.861 bits per heavy atom. The van der Waals surface area contributed by atoms with Crippen molar-refractivity contribution in [3.05, 3.63) is 154 Å². The van der Waals surface area contributed by atoms with Crippen molar-refractivity contribution < 1.29 is 29.3 Å². The Labute approximate surface area is 420 Å². The third-order valence-corrected chi connectivity index (χ3v) is 15.3. The van der Waals surface area contributed by atoms with Crippen LogP contribution in [0.2, 0.25) is 0 Å². The molecule has 6 heterocycles. The van der Waals surface area contributed by atoms with Crippen LogP contribution in [-0.2, 0) is 31.2 Å². The number of hydrogen-bond acceptors (Lipinski definition) is 12. The number of anilines is 3. The second kappa shape index (κ2) is 19.9. The Balaban J connectivity index is 0.709. The number of amides is 2. The summed E-state index contributed by atoms with van der Waals surface area (Å²) in [6.45, 7) is 7.69. The van der Waals surface area contributed by atoms with Gasteiger partial charge in [0.2, 0.25) is 5.91 Å². The van der Waals surface area contributed by atoms with Crippen molar-refractivity contribution in [1.82, 2.24) is 30.0 Å². The van der Waals surface area contributed by atoms with Gasteiger partial charge < -0.3 is 30.1 Å². The summed E-state index contributed by atoms with van der Waals surface area (Å²) in [7, 11) is 1.92. The third kappa shape index (κ3) is 9.47. The largest absolute Gasteiger partial charge is 0.476 e. The van der Waals surface area contributed by atoms with Crippen LogP contribution >= 0.6 is 11.3 Å². The summed E-state index contributed by atoms with van der Waals surface area (Å²) in [6, 6.07) is 37.5. The zero-order valence-corrected chi connectivity index (χ0v) is 41.0. The van der Waals surface area contributed by atoms with Gasteiger partial charge in [-0.25, -0.2) is 14.8 Å². The fourth-order valence-electron chi connectivity index (χ4n) is 10.5. The molecule has 16 heteroatoms. The highest BCUT2D eigenvalue weighted by Crippen LogP contribution is 2.37. The van der Waals surface area contributed by atoms with Crippen LogP contribution in [0.5, 0.6) is 11.5 Å². The second-order valence-electron chi connectivity index (χ2n) is 18.9. The zero-order chi connectivity index (χ0) is 49.5. The molecule has 72 heavy (non-hydrogen) atoms. The van der Waals surface area contributed by atoms with E-state index in [4.69, 9.17) is 14.8 Å². The van der Waals surface area contributed by atoms with Gasteiger partial charge >= 0.3 is 5.97 Å². The smallest absolute Gasteiger partial charge is 0.355 e. The fourth-order valence-corrected chi connectivity index (χ4v) is 11.4. The molecule has 0 spiro atoms. The SMILES string of the molecule is Cc1c(Oc2cccc(CCCN3CCN(c4ccc5c(C6CCC(O)NC6=O)nn(C)c5c4)CC3)c2)cccc1-c1ccc(N2CCc3cccc(C(=O)Nc4nc5ccccc5s4)c3C2)nc1C(=O)O. The third-order valence-electron chi connectivity index (χ3n) is 14.4. The molecule has 0 bridgehead atoms. The fraction of sp³-hybridized carbons (Fsp3) is 0.286. The van der Waals surface area contributed by atoms with Crippen LogP contribution in [0, 0.1) is 6.92 Å². The number of hydrogen-bond donors (Lipinski definition) is 4. The van der Waals surface area contributed by atoms with Crippen molar-refractivity contribution in [2.45, 2.75) is 57.7 Å². The summed E-state index contributed by atoms with van der Waals surface area (Å²) >= 11 is 1.43. The minimum atomic E-state index is -1.13. The number of aromatic carboxylic acids is 1. The number of carboxylic acid groups (broad SMARTS) is 1. The zero-order valence-electron chi connectivity index (χ0n) is 40.2. The van der Waals surface area contributed by atoms with E-state index in [1.54, 1.807) is 0 Å². The van der Waals surface area contributed by atoms with Gasteiger partial charge in [-0.2, -0.15) is 5.10 Å². The molecule has 0 radical (unpaired) electrons. The predicted octanol–water partition coefficient (Wildman–Crippen LogP) is 8.93. The number of aromatic nitrogens is 4. The van der Waals surface area contributed by atoms with E-state index >= 15 is 0 Å². The summed E-state index contributed by atoms with van der Waals surface area (Å²) in [5.41, 5.74) is 9.40. The molecule has 11 rings (SSSR count). The first kappa shape index (κ1) is 46.7. The Morgan fingerprint density at radius 3 is 2.53 bits per heavy atom. The molecule has 2 fully saturated rings. The topological polar surface area (TPSA) is 178 Å². The van der Waals surface area contributed by atoms with Gasteiger partial charge in [-0.15, -0.1) is 0 Å². The van der Waals surface area contributed by atoms with E-state index in [0.717, 1.165) is 100 Å². The van der Waals surface area contributed by atoms with Crippen molar-refractivity contribution in [3.8, 4) is 22.6 Å². The normalized spacial score (nSPS) is 17.2. The second-order valence-corrected chi connectivity index (χ2v) is 19.9. The lowest BCUT2D eigenvalue weighted by Gasteiger charge is -2.36. The molecule has 2 amide bonds. The monoisotopic (exact) mass is 981 g/mol. The number of piperazine rings is 1. The Kier molecular flexibility index (Phi) is 12.9. The minimum Gasteiger partial charge on any atom is -0.476 e. The lowest BCUT2D eigenvalue weighted by atomic mass is 9.92. The number of fused-ring (bicyclic) bond motifs is 3. The van der Waals surface area contributed by atoms with E-state index in [2.05, 4.69) is 55.7 Å². The highest BCUT2D eigenvalue weighted by atomic mass is 32.1. The number of para-hydroxylation sites is 1. The summed E-state index contributed by atoms with van der Waals surface area (Å²) in [6.07, 6.45) is 2.87. The number of aliphatic hydroxyl groups is 1. The molecular formula is C56H55N9O6S. The van der Waals surface area contributed by atoms with E-state index in [-0.39, 0.29) is 23.4 Å². The number of carboxylic acids is 1. The van der Waals surface area contributed by atoms with Crippen molar-refractivity contribution in [1.29, 1.82) is 0 Å². The number of aryl methyl sites for hydroxylation is 2. The highest BCUT2D eigenvalue weighted by Gasteiger charge is 2.32. The quantitative estimate of drug-likeness (QED) is 0.0864. The first-order valence-electron chi connectivity index (χ1n) is 24.6.